The molecule has 0 bridgehead atoms. The third-order valence-corrected chi connectivity index (χ3v) is 5.36. The van der Waals surface area contributed by atoms with E-state index < -0.39 is 43.0 Å². The Labute approximate surface area is 177 Å². The number of nitrogens with zero attached hydrogens (tertiary/aromatic N) is 3. The van der Waals surface area contributed by atoms with Gasteiger partial charge in [-0.1, -0.05) is 12.1 Å². The van der Waals surface area contributed by atoms with Gasteiger partial charge in [0.15, 0.2) is 11.9 Å². The summed E-state index contributed by atoms with van der Waals surface area (Å²) in [5.74, 6) is -0.384. The Hall–Kier alpha value is -3.25. The molecule has 11 heteroatoms. The minimum Gasteiger partial charge on any atom is -0.508 e. The number of aromatic hydroxyl groups is 1. The lowest BCUT2D eigenvalue weighted by atomic mass is 10.0. The number of hydrogen-bond acceptors (Lipinski definition) is 9. The summed E-state index contributed by atoms with van der Waals surface area (Å²) < 4.78 is 7.31. The minimum atomic E-state index is -1.19. The number of rotatable bonds is 6. The maximum Gasteiger partial charge on any atom is 0.237 e. The number of nitrogen functional groups attached to an aromatic ring is 1. The largest absolute Gasteiger partial charge is 0.508 e. The quantitative estimate of drug-likeness (QED) is 0.287. The molecule has 1 saturated heterocycles. The molecule has 2 aromatic heterocycles. The molecule has 8 N–H and O–H groups in total. The number of benzene rings is 1. The number of pyridine rings is 1. The first kappa shape index (κ1) is 21.0. The molecular weight excluding hydrogens is 404 g/mol. The molecule has 0 saturated carbocycles. The maximum absolute atomic E-state index is 12.6. The third kappa shape index (κ3) is 4.03. The van der Waals surface area contributed by atoms with Crippen LogP contribution >= 0.6 is 0 Å². The highest BCUT2D eigenvalue weighted by atomic mass is 16.5. The number of fused-ring (bicyclic) bond motifs is 1. The first-order valence-corrected chi connectivity index (χ1v) is 9.74. The second kappa shape index (κ2) is 8.47. The number of phenols is 1. The number of ether oxygens (including phenoxy) is 1. The third-order valence-electron chi connectivity index (χ3n) is 5.36. The molecule has 0 aliphatic carbocycles. The van der Waals surface area contributed by atoms with Gasteiger partial charge in [-0.2, -0.15) is 0 Å². The Morgan fingerprint density at radius 3 is 2.71 bits per heavy atom. The lowest BCUT2D eigenvalue weighted by Crippen LogP contribution is -2.53. The molecule has 4 rings (SSSR count). The van der Waals surface area contributed by atoms with Crippen LogP contribution in [0.15, 0.2) is 42.9 Å². The molecule has 0 radical (unpaired) electrons. The zero-order valence-electron chi connectivity index (χ0n) is 16.5. The number of carbonyl (C=O) groups is 1. The van der Waals surface area contributed by atoms with Crippen LogP contribution in [-0.4, -0.2) is 66.7 Å². The number of phenolic OH excluding ortho intramolecular Hbond substituents is 1. The smallest absolute Gasteiger partial charge is 0.237 e. The van der Waals surface area contributed by atoms with Crippen LogP contribution in [0.5, 0.6) is 5.75 Å². The molecule has 0 spiro atoms. The second-order valence-corrected chi connectivity index (χ2v) is 7.47. The van der Waals surface area contributed by atoms with Gasteiger partial charge in [-0.15, -0.1) is 0 Å². The molecule has 1 aromatic carbocycles. The molecule has 1 fully saturated rings. The van der Waals surface area contributed by atoms with Crippen molar-refractivity contribution in [2.45, 2.75) is 36.9 Å². The van der Waals surface area contributed by atoms with Crippen molar-refractivity contribution in [3.8, 4) is 5.75 Å². The van der Waals surface area contributed by atoms with Crippen molar-refractivity contribution in [3.05, 3.63) is 48.4 Å². The summed E-state index contributed by atoms with van der Waals surface area (Å²) in [4.78, 5) is 21.1. The van der Waals surface area contributed by atoms with Crippen molar-refractivity contribution in [2.24, 2.45) is 5.73 Å². The Morgan fingerprint density at radius 2 is 2.00 bits per heavy atom. The Balaban J connectivity index is 1.49. The SMILES string of the molecule is Nc1ccnc2c1ncn2[C@@H]1O[C@H](CO)C(NC(=O)C(N)Cc2ccc(O)cc2)[C@@H]1O. The summed E-state index contributed by atoms with van der Waals surface area (Å²) in [7, 11) is 0. The number of carbonyl (C=O) groups excluding carboxylic acids is 1. The van der Waals surface area contributed by atoms with E-state index in [1.54, 1.807) is 18.2 Å². The molecular formula is C20H24N6O5. The highest BCUT2D eigenvalue weighted by molar-refractivity contribution is 5.84. The zero-order chi connectivity index (χ0) is 22.1. The lowest BCUT2D eigenvalue weighted by molar-refractivity contribution is -0.124. The van der Waals surface area contributed by atoms with Crippen LogP contribution < -0.4 is 16.8 Å². The molecule has 11 nitrogen and oxygen atoms in total. The number of amides is 1. The van der Waals surface area contributed by atoms with Crippen molar-refractivity contribution in [1.82, 2.24) is 19.9 Å². The van der Waals surface area contributed by atoms with Crippen molar-refractivity contribution in [2.75, 3.05) is 12.3 Å². The second-order valence-electron chi connectivity index (χ2n) is 7.47. The molecule has 164 valence electrons. The Morgan fingerprint density at radius 1 is 1.26 bits per heavy atom. The van der Waals surface area contributed by atoms with E-state index >= 15 is 0 Å². The van der Waals surface area contributed by atoms with Gasteiger partial charge in [0.25, 0.3) is 0 Å². The minimum absolute atomic E-state index is 0.119. The van der Waals surface area contributed by atoms with E-state index in [4.69, 9.17) is 16.2 Å². The van der Waals surface area contributed by atoms with Crippen molar-refractivity contribution >= 4 is 22.8 Å². The number of nitrogens with two attached hydrogens (primary N) is 2. The predicted molar refractivity (Wildman–Crippen MR) is 111 cm³/mol. The Kier molecular flexibility index (Phi) is 5.74. The van der Waals surface area contributed by atoms with Crippen molar-refractivity contribution < 1.29 is 24.9 Å². The van der Waals surface area contributed by atoms with Crippen LogP contribution in [0.4, 0.5) is 5.69 Å². The van der Waals surface area contributed by atoms with E-state index in [1.807, 2.05) is 0 Å². The fourth-order valence-corrected chi connectivity index (χ4v) is 3.70. The van der Waals surface area contributed by atoms with E-state index in [2.05, 4.69) is 15.3 Å². The maximum atomic E-state index is 12.6. The standard InChI is InChI=1S/C20H24N6O5/c21-12-5-6-23-18-15(12)24-9-26(18)20-17(29)16(14(8-27)31-20)25-19(30)13(22)7-10-1-3-11(28)4-2-10/h1-6,9,13-14,16-17,20,27-29H,7-8,22H2,(H2,21,23)(H,25,30)/t13?,14-,16?,17+,20-/m1/s1. The van der Waals surface area contributed by atoms with E-state index in [-0.39, 0.29) is 12.2 Å². The van der Waals surface area contributed by atoms with Crippen LogP contribution in [0.25, 0.3) is 11.2 Å². The van der Waals surface area contributed by atoms with Gasteiger partial charge >= 0.3 is 0 Å². The molecule has 1 amide bonds. The number of anilines is 1. The van der Waals surface area contributed by atoms with Crippen LogP contribution in [-0.2, 0) is 16.0 Å². The monoisotopic (exact) mass is 428 g/mol. The van der Waals surface area contributed by atoms with Gasteiger partial charge in [-0.25, -0.2) is 9.97 Å². The summed E-state index contributed by atoms with van der Waals surface area (Å²) in [6.07, 6.45) is 0.207. The zero-order valence-corrected chi connectivity index (χ0v) is 16.5. The fraction of sp³-hybridized carbons (Fsp3) is 0.350. The van der Waals surface area contributed by atoms with Crippen LogP contribution in [0.3, 0.4) is 0 Å². The molecule has 3 aromatic rings. The first-order valence-electron chi connectivity index (χ1n) is 9.74. The summed E-state index contributed by atoms with van der Waals surface area (Å²) >= 11 is 0. The highest BCUT2D eigenvalue weighted by Gasteiger charge is 2.46. The number of hydrogen-bond donors (Lipinski definition) is 6. The van der Waals surface area contributed by atoms with Crippen molar-refractivity contribution in [1.29, 1.82) is 0 Å². The van der Waals surface area contributed by atoms with Gasteiger partial charge in [0.2, 0.25) is 5.91 Å². The molecule has 1 aliphatic heterocycles. The summed E-state index contributed by atoms with van der Waals surface area (Å²) in [6, 6.07) is 6.18. The Bertz CT molecular complexity index is 1070. The van der Waals surface area contributed by atoms with Gasteiger partial charge in [0.1, 0.15) is 23.5 Å². The van der Waals surface area contributed by atoms with Crippen LogP contribution in [0.2, 0.25) is 0 Å². The number of aromatic nitrogens is 3. The van der Waals surface area contributed by atoms with Crippen LogP contribution in [0, 0.1) is 0 Å². The summed E-state index contributed by atoms with van der Waals surface area (Å²) in [5, 5.41) is 32.7. The lowest BCUT2D eigenvalue weighted by Gasteiger charge is -2.23. The fourth-order valence-electron chi connectivity index (χ4n) is 3.70. The van der Waals surface area contributed by atoms with Gasteiger partial charge in [0.05, 0.1) is 30.7 Å². The summed E-state index contributed by atoms with van der Waals surface area (Å²) in [5.41, 5.74) is 14.0. The highest BCUT2D eigenvalue weighted by Crippen LogP contribution is 2.32. The molecule has 1 aliphatic rings. The molecule has 5 atom stereocenters. The molecule has 2 unspecified atom stereocenters. The van der Waals surface area contributed by atoms with E-state index in [1.165, 1.54) is 29.2 Å². The van der Waals surface area contributed by atoms with Crippen LogP contribution in [0.1, 0.15) is 11.8 Å². The van der Waals surface area contributed by atoms with Gasteiger partial charge in [0, 0.05) is 6.20 Å². The van der Waals surface area contributed by atoms with Gasteiger partial charge in [-0.05, 0) is 30.2 Å². The molecule has 3 heterocycles. The topological polar surface area (TPSA) is 182 Å². The number of nitrogens with one attached hydrogen (secondary N) is 1. The first-order chi connectivity index (χ1) is 14.9. The number of aliphatic hydroxyl groups excluding tert-OH is 2. The normalized spacial score (nSPS) is 24.4. The number of imidazole rings is 1. The number of aliphatic hydroxyl groups is 2. The van der Waals surface area contributed by atoms with Gasteiger partial charge in [-0.3, -0.25) is 9.36 Å². The average Bonchev–Trinajstić information content (AvgIpc) is 3.32. The predicted octanol–water partition coefficient (Wildman–Crippen LogP) is -0.975. The van der Waals surface area contributed by atoms with Crippen molar-refractivity contribution in [3.63, 3.8) is 0 Å². The van der Waals surface area contributed by atoms with E-state index in [0.29, 0.717) is 16.9 Å². The van der Waals surface area contributed by atoms with E-state index in [9.17, 15) is 20.1 Å². The summed E-state index contributed by atoms with van der Waals surface area (Å²) in [6.45, 7) is -0.423. The van der Waals surface area contributed by atoms with Gasteiger partial charge < -0.3 is 36.8 Å². The average molecular weight is 428 g/mol. The van der Waals surface area contributed by atoms with E-state index in [0.717, 1.165) is 5.56 Å². The molecule has 31 heavy (non-hydrogen) atoms.